The van der Waals surface area contributed by atoms with Crippen LogP contribution in [0.5, 0.6) is 0 Å². The SMILES string of the molecule is CC(C)(C)CCCCCCNC(=O)CCCC(=O)C(C)(C)C. The van der Waals surface area contributed by atoms with E-state index in [0.29, 0.717) is 24.7 Å². The molecule has 0 bridgehead atoms. The van der Waals surface area contributed by atoms with Crippen LogP contribution in [0.1, 0.15) is 92.9 Å². The molecule has 0 saturated heterocycles. The zero-order chi connectivity index (χ0) is 17.2. The summed E-state index contributed by atoms with van der Waals surface area (Å²) in [6, 6.07) is 0. The van der Waals surface area contributed by atoms with Crippen molar-refractivity contribution in [2.24, 2.45) is 10.8 Å². The molecule has 0 aliphatic rings. The van der Waals surface area contributed by atoms with Crippen molar-refractivity contribution in [3.8, 4) is 0 Å². The molecule has 0 heterocycles. The topological polar surface area (TPSA) is 46.2 Å². The first-order chi connectivity index (χ1) is 10.0. The lowest BCUT2D eigenvalue weighted by molar-refractivity contribution is -0.126. The van der Waals surface area contributed by atoms with Gasteiger partial charge in [-0.3, -0.25) is 9.59 Å². The molecular weight excluding hydrogens is 274 g/mol. The molecule has 1 N–H and O–H groups in total. The minimum Gasteiger partial charge on any atom is -0.356 e. The number of amides is 1. The maximum Gasteiger partial charge on any atom is 0.220 e. The number of Topliss-reactive ketones (excluding diaryl/α,β-unsaturated/α-hetero) is 1. The predicted octanol–water partition coefficient (Wildman–Crippen LogP) is 4.88. The van der Waals surface area contributed by atoms with Crippen LogP contribution in [0.3, 0.4) is 0 Å². The highest BCUT2D eigenvalue weighted by Gasteiger charge is 2.20. The van der Waals surface area contributed by atoms with E-state index in [1.807, 2.05) is 20.8 Å². The molecule has 0 fully saturated rings. The van der Waals surface area contributed by atoms with Gasteiger partial charge in [-0.25, -0.2) is 0 Å². The number of carbonyl (C=O) groups excluding carboxylic acids is 2. The Kier molecular flexibility index (Phi) is 9.63. The van der Waals surface area contributed by atoms with Gasteiger partial charge in [-0.05, 0) is 24.7 Å². The van der Waals surface area contributed by atoms with Gasteiger partial charge in [0.05, 0.1) is 0 Å². The molecule has 3 nitrogen and oxygen atoms in total. The van der Waals surface area contributed by atoms with Gasteiger partial charge in [-0.2, -0.15) is 0 Å². The largest absolute Gasteiger partial charge is 0.356 e. The highest BCUT2D eigenvalue weighted by Crippen LogP contribution is 2.22. The first kappa shape index (κ1) is 21.1. The van der Waals surface area contributed by atoms with Crippen molar-refractivity contribution in [3.05, 3.63) is 0 Å². The number of ketones is 1. The molecule has 0 aliphatic carbocycles. The van der Waals surface area contributed by atoms with E-state index in [9.17, 15) is 9.59 Å². The minimum atomic E-state index is -0.288. The van der Waals surface area contributed by atoms with Gasteiger partial charge in [0.15, 0.2) is 0 Å². The second-order valence-corrected chi connectivity index (χ2v) is 8.60. The summed E-state index contributed by atoms with van der Waals surface area (Å²) in [5, 5.41) is 2.95. The van der Waals surface area contributed by atoms with Crippen molar-refractivity contribution in [1.82, 2.24) is 5.32 Å². The Morgan fingerprint density at radius 1 is 0.773 bits per heavy atom. The van der Waals surface area contributed by atoms with Crippen molar-refractivity contribution < 1.29 is 9.59 Å². The zero-order valence-electron chi connectivity index (χ0n) is 15.7. The number of rotatable bonds is 10. The number of carbonyl (C=O) groups is 2. The Morgan fingerprint density at radius 2 is 1.36 bits per heavy atom. The average molecular weight is 312 g/mol. The molecule has 22 heavy (non-hydrogen) atoms. The Labute approximate surface area is 137 Å². The summed E-state index contributed by atoms with van der Waals surface area (Å²) in [6.45, 7) is 13.4. The van der Waals surface area contributed by atoms with E-state index in [1.165, 1.54) is 25.7 Å². The van der Waals surface area contributed by atoms with Crippen molar-refractivity contribution in [2.45, 2.75) is 92.9 Å². The Bertz CT molecular complexity index is 334. The van der Waals surface area contributed by atoms with Crippen molar-refractivity contribution >= 4 is 11.7 Å². The maximum atomic E-state index is 11.7. The number of unbranched alkanes of at least 4 members (excludes halogenated alkanes) is 3. The molecule has 0 unspecified atom stereocenters. The van der Waals surface area contributed by atoms with Gasteiger partial charge < -0.3 is 5.32 Å². The molecule has 0 atom stereocenters. The van der Waals surface area contributed by atoms with E-state index in [4.69, 9.17) is 0 Å². The lowest BCUT2D eigenvalue weighted by Gasteiger charge is -2.17. The predicted molar refractivity (Wildman–Crippen MR) is 93.9 cm³/mol. The Balaban J connectivity index is 3.50. The molecular formula is C19H37NO2. The lowest BCUT2D eigenvalue weighted by atomic mass is 9.88. The fourth-order valence-corrected chi connectivity index (χ4v) is 2.23. The van der Waals surface area contributed by atoms with Crippen LogP contribution in [0.2, 0.25) is 0 Å². The van der Waals surface area contributed by atoms with E-state index in [2.05, 4.69) is 26.1 Å². The van der Waals surface area contributed by atoms with Crippen molar-refractivity contribution in [3.63, 3.8) is 0 Å². The van der Waals surface area contributed by atoms with Crippen LogP contribution in [0.25, 0.3) is 0 Å². The van der Waals surface area contributed by atoms with Crippen LogP contribution in [0, 0.1) is 10.8 Å². The molecule has 0 rings (SSSR count). The normalized spacial score (nSPS) is 12.3. The van der Waals surface area contributed by atoms with Crippen molar-refractivity contribution in [1.29, 1.82) is 0 Å². The summed E-state index contributed by atoms with van der Waals surface area (Å²) in [5.41, 5.74) is 0.141. The van der Waals surface area contributed by atoms with Crippen LogP contribution in [-0.2, 0) is 9.59 Å². The van der Waals surface area contributed by atoms with Crippen molar-refractivity contribution in [2.75, 3.05) is 6.54 Å². The molecule has 0 saturated carbocycles. The van der Waals surface area contributed by atoms with Gasteiger partial charge in [-0.1, -0.05) is 60.8 Å². The van der Waals surface area contributed by atoms with Gasteiger partial charge in [0, 0.05) is 24.8 Å². The maximum absolute atomic E-state index is 11.7. The van der Waals surface area contributed by atoms with Crippen LogP contribution in [-0.4, -0.2) is 18.2 Å². The fourth-order valence-electron chi connectivity index (χ4n) is 2.23. The molecule has 0 aromatic heterocycles. The molecule has 0 aromatic rings. The third kappa shape index (κ3) is 12.8. The Hall–Kier alpha value is -0.860. The van der Waals surface area contributed by atoms with Gasteiger partial charge in [-0.15, -0.1) is 0 Å². The number of nitrogens with one attached hydrogen (secondary N) is 1. The quantitative estimate of drug-likeness (QED) is 0.584. The minimum absolute atomic E-state index is 0.0800. The standard InChI is InChI=1S/C19H37NO2/c1-18(2,3)14-9-7-8-10-15-20-17(22)13-11-12-16(21)19(4,5)6/h7-15H2,1-6H3,(H,20,22). The van der Waals surface area contributed by atoms with E-state index < -0.39 is 0 Å². The number of hydrogen-bond donors (Lipinski definition) is 1. The molecule has 1 amide bonds. The van der Waals surface area contributed by atoms with Crippen LogP contribution < -0.4 is 5.32 Å². The number of hydrogen-bond acceptors (Lipinski definition) is 2. The van der Waals surface area contributed by atoms with E-state index in [0.717, 1.165) is 13.0 Å². The lowest BCUT2D eigenvalue weighted by Crippen LogP contribution is -2.25. The first-order valence-electron chi connectivity index (χ1n) is 8.82. The summed E-state index contributed by atoms with van der Waals surface area (Å²) in [4.78, 5) is 23.4. The zero-order valence-corrected chi connectivity index (χ0v) is 15.7. The fraction of sp³-hybridized carbons (Fsp3) is 0.895. The van der Waals surface area contributed by atoms with Gasteiger partial charge in [0.2, 0.25) is 5.91 Å². The van der Waals surface area contributed by atoms with Crippen LogP contribution >= 0.6 is 0 Å². The second kappa shape index (κ2) is 10.0. The molecule has 0 aliphatic heterocycles. The average Bonchev–Trinajstić information content (AvgIpc) is 2.35. The second-order valence-electron chi connectivity index (χ2n) is 8.60. The van der Waals surface area contributed by atoms with E-state index >= 15 is 0 Å². The molecule has 0 radical (unpaired) electrons. The smallest absolute Gasteiger partial charge is 0.220 e. The highest BCUT2D eigenvalue weighted by atomic mass is 16.1. The molecule has 0 aromatic carbocycles. The summed E-state index contributed by atoms with van der Waals surface area (Å²) < 4.78 is 0. The molecule has 3 heteroatoms. The monoisotopic (exact) mass is 311 g/mol. The van der Waals surface area contributed by atoms with Gasteiger partial charge >= 0.3 is 0 Å². The van der Waals surface area contributed by atoms with E-state index in [1.54, 1.807) is 0 Å². The third-order valence-corrected chi connectivity index (χ3v) is 3.82. The van der Waals surface area contributed by atoms with E-state index in [-0.39, 0.29) is 17.1 Å². The summed E-state index contributed by atoms with van der Waals surface area (Å²) >= 11 is 0. The Morgan fingerprint density at radius 3 is 1.91 bits per heavy atom. The first-order valence-corrected chi connectivity index (χ1v) is 8.82. The molecule has 130 valence electrons. The summed E-state index contributed by atoms with van der Waals surface area (Å²) in [5.74, 6) is 0.315. The van der Waals surface area contributed by atoms with Crippen LogP contribution in [0.15, 0.2) is 0 Å². The van der Waals surface area contributed by atoms with Crippen LogP contribution in [0.4, 0.5) is 0 Å². The van der Waals surface area contributed by atoms with Gasteiger partial charge in [0.25, 0.3) is 0 Å². The highest BCUT2D eigenvalue weighted by molar-refractivity contribution is 5.84. The molecule has 0 spiro atoms. The third-order valence-electron chi connectivity index (χ3n) is 3.82. The summed E-state index contributed by atoms with van der Waals surface area (Å²) in [6.07, 6.45) is 7.64. The van der Waals surface area contributed by atoms with Gasteiger partial charge in [0.1, 0.15) is 5.78 Å². The summed E-state index contributed by atoms with van der Waals surface area (Å²) in [7, 11) is 0.